The van der Waals surface area contributed by atoms with Gasteiger partial charge in [-0.3, -0.25) is 9.59 Å². The molecule has 8 nitrogen and oxygen atoms in total. The third kappa shape index (κ3) is 5.04. The molecule has 2 saturated heterocycles. The smallest absolute Gasteiger partial charge is 0.230 e. The molecule has 1 N–H and O–H groups in total. The summed E-state index contributed by atoms with van der Waals surface area (Å²) < 4.78 is 25.8. The fraction of sp³-hybridized carbons (Fsp3) is 0.560. The average molecular weight is 487 g/mol. The second-order valence-corrected chi connectivity index (χ2v) is 13.0. The van der Waals surface area contributed by atoms with Gasteiger partial charge in [0.05, 0.1) is 29.2 Å². The first-order valence-electron chi connectivity index (χ1n) is 11.9. The molecule has 2 aliphatic heterocycles. The number of benzene rings is 1. The van der Waals surface area contributed by atoms with Crippen LogP contribution in [-0.2, 0) is 24.8 Å². The van der Waals surface area contributed by atoms with Gasteiger partial charge in [0.15, 0.2) is 9.84 Å². The van der Waals surface area contributed by atoms with Crippen LogP contribution in [0.25, 0.3) is 0 Å². The summed E-state index contributed by atoms with van der Waals surface area (Å²) in [5.74, 6) is 0.146. The molecule has 3 heterocycles. The number of nitrogens with zero attached hydrogens (tertiary/aromatic N) is 3. The summed E-state index contributed by atoms with van der Waals surface area (Å²) in [6.07, 6.45) is 0.605. The largest absolute Gasteiger partial charge is 0.312 e. The van der Waals surface area contributed by atoms with Gasteiger partial charge in [0.1, 0.15) is 5.82 Å². The summed E-state index contributed by atoms with van der Waals surface area (Å²) in [7, 11) is -3.11. The second-order valence-electron chi connectivity index (χ2n) is 10.8. The van der Waals surface area contributed by atoms with Crippen molar-refractivity contribution in [3.8, 4) is 0 Å². The van der Waals surface area contributed by atoms with Crippen LogP contribution in [0.15, 0.2) is 30.3 Å². The highest BCUT2D eigenvalue weighted by Gasteiger charge is 2.37. The zero-order valence-corrected chi connectivity index (χ0v) is 21.4. The van der Waals surface area contributed by atoms with Gasteiger partial charge in [0, 0.05) is 30.1 Å². The van der Waals surface area contributed by atoms with Crippen LogP contribution in [0.3, 0.4) is 0 Å². The summed E-state index contributed by atoms with van der Waals surface area (Å²) in [4.78, 5) is 27.7. The minimum atomic E-state index is -3.11. The number of rotatable bonds is 5. The minimum Gasteiger partial charge on any atom is -0.312 e. The van der Waals surface area contributed by atoms with Crippen LogP contribution in [-0.4, -0.2) is 48.1 Å². The van der Waals surface area contributed by atoms with Crippen molar-refractivity contribution in [3.05, 3.63) is 41.6 Å². The lowest BCUT2D eigenvalue weighted by Crippen LogP contribution is -2.29. The molecule has 2 amide bonds. The number of anilines is 2. The number of sulfone groups is 1. The number of carbonyl (C=O) groups excluding carboxylic acids is 2. The highest BCUT2D eigenvalue weighted by atomic mass is 32.2. The van der Waals surface area contributed by atoms with Gasteiger partial charge < -0.3 is 10.2 Å². The van der Waals surface area contributed by atoms with Crippen LogP contribution in [0.1, 0.15) is 70.7 Å². The first kappa shape index (κ1) is 24.4. The fourth-order valence-corrected chi connectivity index (χ4v) is 6.21. The Morgan fingerprint density at radius 1 is 1.21 bits per heavy atom. The molecule has 1 aromatic heterocycles. The van der Waals surface area contributed by atoms with Crippen LogP contribution in [0.4, 0.5) is 11.5 Å². The van der Waals surface area contributed by atoms with Gasteiger partial charge in [0.2, 0.25) is 11.8 Å². The third-order valence-electron chi connectivity index (χ3n) is 6.65. The molecule has 4 rings (SSSR count). The molecule has 184 valence electrons. The van der Waals surface area contributed by atoms with Crippen molar-refractivity contribution in [2.45, 2.75) is 64.8 Å². The number of hydrogen-bond acceptors (Lipinski definition) is 5. The predicted octanol–water partition coefficient (Wildman–Crippen LogP) is 3.66. The standard InChI is InChI=1S/C25H34N4O4S/c1-16(2)17-7-6-8-19(11-17)28-14-18(12-23(28)30)24(31)26-22-13-21(25(3,4)5)27-29(22)20-9-10-34(32,33)15-20/h6-8,11,13,16,18,20H,9-10,12,14-15H2,1-5H3,(H,26,31). The molecule has 0 radical (unpaired) electrons. The highest BCUT2D eigenvalue weighted by Crippen LogP contribution is 2.32. The molecule has 2 fully saturated rings. The molecule has 1 aromatic carbocycles. The van der Waals surface area contributed by atoms with Gasteiger partial charge in [-0.05, 0) is 30.0 Å². The normalized spacial score (nSPS) is 22.5. The van der Waals surface area contributed by atoms with Gasteiger partial charge in [0.25, 0.3) is 0 Å². The Hall–Kier alpha value is -2.68. The van der Waals surface area contributed by atoms with Gasteiger partial charge in [-0.1, -0.05) is 46.8 Å². The van der Waals surface area contributed by atoms with E-state index < -0.39 is 15.8 Å². The van der Waals surface area contributed by atoms with E-state index in [-0.39, 0.29) is 41.2 Å². The summed E-state index contributed by atoms with van der Waals surface area (Å²) in [6, 6.07) is 9.40. The summed E-state index contributed by atoms with van der Waals surface area (Å²) in [6.45, 7) is 10.6. The Balaban J connectivity index is 1.54. The lowest BCUT2D eigenvalue weighted by atomic mass is 9.92. The maximum Gasteiger partial charge on any atom is 0.230 e. The van der Waals surface area contributed by atoms with Crippen LogP contribution < -0.4 is 10.2 Å². The van der Waals surface area contributed by atoms with Crippen molar-refractivity contribution in [1.29, 1.82) is 0 Å². The molecule has 2 aromatic rings. The number of nitrogens with one attached hydrogen (secondary N) is 1. The summed E-state index contributed by atoms with van der Waals surface area (Å²) in [5, 5.41) is 7.63. The Labute approximate surface area is 201 Å². The Bertz CT molecular complexity index is 1210. The van der Waals surface area contributed by atoms with Crippen LogP contribution >= 0.6 is 0 Å². The maximum absolute atomic E-state index is 13.2. The quantitative estimate of drug-likeness (QED) is 0.695. The molecule has 0 aliphatic carbocycles. The molecule has 0 spiro atoms. The number of aromatic nitrogens is 2. The molecular weight excluding hydrogens is 452 g/mol. The molecular formula is C25H34N4O4S. The molecule has 0 bridgehead atoms. The zero-order valence-electron chi connectivity index (χ0n) is 20.5. The van der Waals surface area contributed by atoms with Crippen molar-refractivity contribution in [2.24, 2.45) is 5.92 Å². The topological polar surface area (TPSA) is 101 Å². The fourth-order valence-electron chi connectivity index (χ4n) is 4.51. The van der Waals surface area contributed by atoms with Gasteiger partial charge in [-0.15, -0.1) is 0 Å². The average Bonchev–Trinajstić information content (AvgIpc) is 3.44. The van der Waals surface area contributed by atoms with E-state index in [4.69, 9.17) is 0 Å². The van der Waals surface area contributed by atoms with Crippen molar-refractivity contribution in [2.75, 3.05) is 28.3 Å². The maximum atomic E-state index is 13.2. The molecule has 2 aliphatic rings. The van der Waals surface area contributed by atoms with Crippen LogP contribution in [0.5, 0.6) is 0 Å². The third-order valence-corrected chi connectivity index (χ3v) is 8.40. The second kappa shape index (κ2) is 8.83. The van der Waals surface area contributed by atoms with Gasteiger partial charge in [-0.2, -0.15) is 5.10 Å². The molecule has 2 unspecified atom stereocenters. The molecule has 0 saturated carbocycles. The zero-order chi connectivity index (χ0) is 24.8. The summed E-state index contributed by atoms with van der Waals surface area (Å²) in [5.41, 5.74) is 2.47. The Morgan fingerprint density at radius 2 is 1.94 bits per heavy atom. The minimum absolute atomic E-state index is 0.0169. The van der Waals surface area contributed by atoms with Gasteiger partial charge >= 0.3 is 0 Å². The van der Waals surface area contributed by atoms with Crippen molar-refractivity contribution in [1.82, 2.24) is 9.78 Å². The van der Waals surface area contributed by atoms with E-state index in [1.807, 2.05) is 51.1 Å². The SMILES string of the molecule is CC(C)c1cccc(N2CC(C(=O)Nc3cc(C(C)(C)C)nn3C3CCS(=O)(=O)C3)CC2=O)c1. The lowest BCUT2D eigenvalue weighted by Gasteiger charge is -2.19. The highest BCUT2D eigenvalue weighted by molar-refractivity contribution is 7.91. The predicted molar refractivity (Wildman–Crippen MR) is 133 cm³/mol. The monoisotopic (exact) mass is 486 g/mol. The van der Waals surface area contributed by atoms with Crippen molar-refractivity contribution < 1.29 is 18.0 Å². The molecule has 9 heteroatoms. The van der Waals surface area contributed by atoms with E-state index in [2.05, 4.69) is 24.3 Å². The van der Waals surface area contributed by atoms with Crippen molar-refractivity contribution in [3.63, 3.8) is 0 Å². The first-order chi connectivity index (χ1) is 15.8. The molecule has 34 heavy (non-hydrogen) atoms. The Morgan fingerprint density at radius 3 is 2.56 bits per heavy atom. The van der Waals surface area contributed by atoms with E-state index in [1.165, 1.54) is 0 Å². The van der Waals surface area contributed by atoms with E-state index in [9.17, 15) is 18.0 Å². The van der Waals surface area contributed by atoms with Crippen LogP contribution in [0.2, 0.25) is 0 Å². The van der Waals surface area contributed by atoms with E-state index in [0.717, 1.165) is 16.9 Å². The summed E-state index contributed by atoms with van der Waals surface area (Å²) >= 11 is 0. The number of amides is 2. The molecule has 2 atom stereocenters. The van der Waals surface area contributed by atoms with Crippen molar-refractivity contribution >= 4 is 33.2 Å². The number of carbonyl (C=O) groups is 2. The Kier molecular flexibility index (Phi) is 6.35. The lowest BCUT2D eigenvalue weighted by molar-refractivity contribution is -0.122. The van der Waals surface area contributed by atoms with E-state index in [0.29, 0.717) is 24.7 Å². The first-order valence-corrected chi connectivity index (χ1v) is 13.7. The van der Waals surface area contributed by atoms with E-state index >= 15 is 0 Å². The van der Waals surface area contributed by atoms with E-state index in [1.54, 1.807) is 9.58 Å². The number of hydrogen-bond donors (Lipinski definition) is 1. The van der Waals surface area contributed by atoms with Crippen LogP contribution in [0, 0.1) is 5.92 Å². The van der Waals surface area contributed by atoms with Gasteiger partial charge in [-0.25, -0.2) is 13.1 Å².